The number of carbonyl (C=O) groups excluding carboxylic acids is 1. The van der Waals surface area contributed by atoms with Crippen molar-refractivity contribution in [2.75, 3.05) is 7.11 Å². The molecule has 2 N–H and O–H groups in total. The molecule has 122 valence electrons. The number of carbonyl (C=O) groups is 1. The molecule has 2 heterocycles. The first-order valence-corrected chi connectivity index (χ1v) is 7.17. The molecule has 0 spiro atoms. The fourth-order valence-electron chi connectivity index (χ4n) is 2.01. The van der Waals surface area contributed by atoms with E-state index >= 15 is 0 Å². The first kappa shape index (κ1) is 15.8. The Balaban J connectivity index is 1.76. The number of hydrazone groups is 1. The Labute approximate surface area is 141 Å². The van der Waals surface area contributed by atoms with E-state index in [1.807, 2.05) is 0 Å². The molecule has 0 unspecified atom stereocenters. The summed E-state index contributed by atoms with van der Waals surface area (Å²) in [5.74, 6) is -0.0230. The molecule has 0 atom stereocenters. The molecule has 0 fully saturated rings. The SMILES string of the molecule is COc1ccc(C=NNC(=O)c2nnc3c(Cl)cccn23)c(O)c1. The van der Waals surface area contributed by atoms with Gasteiger partial charge in [0, 0.05) is 17.8 Å². The van der Waals surface area contributed by atoms with E-state index < -0.39 is 5.91 Å². The number of hydrogen-bond acceptors (Lipinski definition) is 6. The van der Waals surface area contributed by atoms with Crippen molar-refractivity contribution in [1.82, 2.24) is 20.0 Å². The van der Waals surface area contributed by atoms with Gasteiger partial charge in [-0.15, -0.1) is 10.2 Å². The first-order valence-electron chi connectivity index (χ1n) is 6.80. The summed E-state index contributed by atoms with van der Waals surface area (Å²) in [5, 5.41) is 21.7. The summed E-state index contributed by atoms with van der Waals surface area (Å²) in [6, 6.07) is 8.04. The van der Waals surface area contributed by atoms with Gasteiger partial charge in [0.05, 0.1) is 18.3 Å². The van der Waals surface area contributed by atoms with Crippen LogP contribution < -0.4 is 10.2 Å². The number of aromatic hydroxyl groups is 1. The highest BCUT2D eigenvalue weighted by atomic mass is 35.5. The number of ether oxygens (including phenoxy) is 1. The number of nitrogens with one attached hydrogen (secondary N) is 1. The second kappa shape index (κ2) is 6.55. The smallest absolute Gasteiger partial charge is 0.309 e. The Kier molecular flexibility index (Phi) is 4.30. The Hall–Kier alpha value is -3.13. The standard InChI is InChI=1S/C15H12ClN5O3/c1-24-10-5-4-9(12(22)7-10)8-17-20-15(23)14-19-18-13-11(16)3-2-6-21(13)14/h2-8,22H,1H3,(H,20,23). The van der Waals surface area contributed by atoms with E-state index in [0.29, 0.717) is 22.0 Å². The molecule has 9 heteroatoms. The fraction of sp³-hybridized carbons (Fsp3) is 0.0667. The maximum atomic E-state index is 12.1. The zero-order valence-corrected chi connectivity index (χ0v) is 13.2. The van der Waals surface area contributed by atoms with Gasteiger partial charge in [-0.05, 0) is 24.3 Å². The molecule has 0 radical (unpaired) electrons. The summed E-state index contributed by atoms with van der Waals surface area (Å²) in [7, 11) is 1.50. The Morgan fingerprint density at radius 2 is 2.25 bits per heavy atom. The predicted octanol–water partition coefficient (Wildman–Crippen LogP) is 1.86. The van der Waals surface area contributed by atoms with Crippen LogP contribution in [0.3, 0.4) is 0 Å². The van der Waals surface area contributed by atoms with Crippen LogP contribution in [0.1, 0.15) is 16.2 Å². The number of pyridine rings is 1. The molecular weight excluding hydrogens is 334 g/mol. The van der Waals surface area contributed by atoms with Crippen LogP contribution >= 0.6 is 11.6 Å². The normalized spacial score (nSPS) is 11.1. The van der Waals surface area contributed by atoms with Gasteiger partial charge < -0.3 is 9.84 Å². The second-order valence-corrected chi connectivity index (χ2v) is 5.10. The molecular formula is C15H12ClN5O3. The second-order valence-electron chi connectivity index (χ2n) is 4.70. The molecule has 1 aromatic carbocycles. The molecule has 0 saturated heterocycles. The van der Waals surface area contributed by atoms with Crippen LogP contribution in [-0.4, -0.2) is 38.9 Å². The number of hydrogen-bond donors (Lipinski definition) is 2. The van der Waals surface area contributed by atoms with Crippen LogP contribution in [0.25, 0.3) is 5.65 Å². The average molecular weight is 346 g/mol. The minimum atomic E-state index is -0.561. The lowest BCUT2D eigenvalue weighted by Crippen LogP contribution is -2.20. The highest BCUT2D eigenvalue weighted by Crippen LogP contribution is 2.21. The van der Waals surface area contributed by atoms with Gasteiger partial charge in [-0.2, -0.15) is 5.10 Å². The van der Waals surface area contributed by atoms with Crippen molar-refractivity contribution in [2.24, 2.45) is 5.10 Å². The van der Waals surface area contributed by atoms with Crippen LogP contribution in [0.2, 0.25) is 5.02 Å². The molecule has 0 bridgehead atoms. The van der Waals surface area contributed by atoms with E-state index in [2.05, 4.69) is 20.7 Å². The van der Waals surface area contributed by atoms with Crippen molar-refractivity contribution in [3.63, 3.8) is 0 Å². The van der Waals surface area contributed by atoms with E-state index in [0.717, 1.165) is 0 Å². The number of nitrogens with zero attached hydrogens (tertiary/aromatic N) is 4. The first-order chi connectivity index (χ1) is 11.6. The third kappa shape index (κ3) is 2.99. The number of amides is 1. The molecule has 3 aromatic rings. The fourth-order valence-corrected chi connectivity index (χ4v) is 2.21. The lowest BCUT2D eigenvalue weighted by molar-refractivity contribution is 0.0943. The molecule has 8 nitrogen and oxygen atoms in total. The van der Waals surface area contributed by atoms with Gasteiger partial charge >= 0.3 is 5.91 Å². The number of aromatic nitrogens is 3. The number of methoxy groups -OCH3 is 1. The van der Waals surface area contributed by atoms with E-state index in [4.69, 9.17) is 16.3 Å². The van der Waals surface area contributed by atoms with Gasteiger partial charge in [0.25, 0.3) is 0 Å². The van der Waals surface area contributed by atoms with Crippen molar-refractivity contribution in [3.05, 3.63) is 52.9 Å². The van der Waals surface area contributed by atoms with Gasteiger partial charge in [0.15, 0.2) is 5.65 Å². The monoisotopic (exact) mass is 345 g/mol. The lowest BCUT2D eigenvalue weighted by atomic mass is 10.2. The summed E-state index contributed by atoms with van der Waals surface area (Å²) in [4.78, 5) is 12.1. The Bertz CT molecular complexity index is 938. The average Bonchev–Trinajstić information content (AvgIpc) is 3.01. The number of fused-ring (bicyclic) bond motifs is 1. The Morgan fingerprint density at radius 3 is 3.00 bits per heavy atom. The van der Waals surface area contributed by atoms with Gasteiger partial charge in [-0.25, -0.2) is 5.43 Å². The number of rotatable bonds is 4. The summed E-state index contributed by atoms with van der Waals surface area (Å²) in [6.45, 7) is 0. The van der Waals surface area contributed by atoms with Crippen LogP contribution in [0, 0.1) is 0 Å². The van der Waals surface area contributed by atoms with Crippen molar-refractivity contribution < 1.29 is 14.6 Å². The van der Waals surface area contributed by atoms with Gasteiger partial charge in [-0.1, -0.05) is 11.6 Å². The van der Waals surface area contributed by atoms with Crippen molar-refractivity contribution in [3.8, 4) is 11.5 Å². The zero-order valence-electron chi connectivity index (χ0n) is 12.5. The summed E-state index contributed by atoms with van der Waals surface area (Å²) in [5.41, 5.74) is 3.12. The predicted molar refractivity (Wildman–Crippen MR) is 87.7 cm³/mol. The zero-order chi connectivity index (χ0) is 17.1. The van der Waals surface area contributed by atoms with Crippen LogP contribution in [-0.2, 0) is 0 Å². The molecule has 1 amide bonds. The lowest BCUT2D eigenvalue weighted by Gasteiger charge is -2.03. The number of phenolic OH excluding ortho intramolecular Hbond substituents is 1. The summed E-state index contributed by atoms with van der Waals surface area (Å²) in [6.07, 6.45) is 2.93. The van der Waals surface area contributed by atoms with Gasteiger partial charge in [0.2, 0.25) is 5.82 Å². The number of phenols is 1. The van der Waals surface area contributed by atoms with Crippen LogP contribution in [0.15, 0.2) is 41.6 Å². The number of halogens is 1. The third-order valence-corrected chi connectivity index (χ3v) is 3.49. The van der Waals surface area contributed by atoms with Crippen molar-refractivity contribution in [2.45, 2.75) is 0 Å². The Morgan fingerprint density at radius 1 is 1.42 bits per heavy atom. The minimum Gasteiger partial charge on any atom is -0.507 e. The summed E-state index contributed by atoms with van der Waals surface area (Å²) < 4.78 is 6.45. The minimum absolute atomic E-state index is 0.0212. The van der Waals surface area contributed by atoms with Gasteiger partial charge in [0.1, 0.15) is 11.5 Å². The molecule has 0 aliphatic heterocycles. The van der Waals surface area contributed by atoms with E-state index in [1.54, 1.807) is 30.5 Å². The highest BCUT2D eigenvalue weighted by molar-refractivity contribution is 6.33. The van der Waals surface area contributed by atoms with E-state index in [9.17, 15) is 9.90 Å². The molecule has 2 aromatic heterocycles. The van der Waals surface area contributed by atoms with Crippen LogP contribution in [0.4, 0.5) is 0 Å². The van der Waals surface area contributed by atoms with Gasteiger partial charge in [-0.3, -0.25) is 9.20 Å². The molecule has 0 saturated carbocycles. The quantitative estimate of drug-likeness (QED) is 0.555. The highest BCUT2D eigenvalue weighted by Gasteiger charge is 2.14. The largest absolute Gasteiger partial charge is 0.507 e. The van der Waals surface area contributed by atoms with Crippen molar-refractivity contribution >= 4 is 29.4 Å². The van der Waals surface area contributed by atoms with E-state index in [-0.39, 0.29) is 11.6 Å². The number of benzene rings is 1. The van der Waals surface area contributed by atoms with Crippen molar-refractivity contribution in [1.29, 1.82) is 0 Å². The summed E-state index contributed by atoms with van der Waals surface area (Å²) >= 11 is 5.98. The van der Waals surface area contributed by atoms with E-state index in [1.165, 1.54) is 23.8 Å². The topological polar surface area (TPSA) is 101 Å². The molecule has 0 aliphatic rings. The molecule has 24 heavy (non-hydrogen) atoms. The maximum absolute atomic E-state index is 12.1. The molecule has 3 rings (SSSR count). The maximum Gasteiger partial charge on any atom is 0.309 e. The molecule has 0 aliphatic carbocycles. The third-order valence-electron chi connectivity index (χ3n) is 3.20. The van der Waals surface area contributed by atoms with Crippen LogP contribution in [0.5, 0.6) is 11.5 Å².